The molecule has 0 amide bonds. The van der Waals surface area contributed by atoms with Gasteiger partial charge in [-0.05, 0) is 36.8 Å². The summed E-state index contributed by atoms with van der Waals surface area (Å²) >= 11 is 12.1. The van der Waals surface area contributed by atoms with Crippen molar-refractivity contribution in [1.29, 1.82) is 0 Å². The highest BCUT2D eigenvalue weighted by atomic mass is 35.5. The first kappa shape index (κ1) is 20.0. The number of carbonyl (C=O) groups is 1. The molecule has 0 fully saturated rings. The molecule has 0 saturated heterocycles. The summed E-state index contributed by atoms with van der Waals surface area (Å²) in [7, 11) is 3.01. The Kier molecular flexibility index (Phi) is 6.11. The Bertz CT molecular complexity index is 1020. The number of hydrogen-bond donors (Lipinski definition) is 0. The average Bonchev–Trinajstić information content (AvgIpc) is 3.12. The average molecular weight is 421 g/mol. The number of nitrogens with zero attached hydrogens (tertiary/aromatic N) is 2. The molecule has 0 aliphatic rings. The number of benzene rings is 2. The normalized spacial score (nSPS) is 10.6. The number of aromatic nitrogens is 2. The molecule has 0 unspecified atom stereocenters. The summed E-state index contributed by atoms with van der Waals surface area (Å²) in [5.41, 5.74) is 1.65. The predicted octanol–water partition coefficient (Wildman–Crippen LogP) is 4.98. The number of ether oxygens (including phenoxy) is 3. The molecule has 0 N–H and O–H groups in total. The van der Waals surface area contributed by atoms with Crippen LogP contribution in [0.3, 0.4) is 0 Å². The van der Waals surface area contributed by atoms with Gasteiger partial charge in [0.25, 0.3) is 0 Å². The first-order chi connectivity index (χ1) is 13.5. The molecule has 1 aromatic heterocycles. The largest absolute Gasteiger partial charge is 0.497 e. The predicted molar refractivity (Wildman–Crippen MR) is 107 cm³/mol. The van der Waals surface area contributed by atoms with E-state index in [0.717, 1.165) is 5.69 Å². The van der Waals surface area contributed by atoms with Crippen molar-refractivity contribution >= 4 is 29.2 Å². The van der Waals surface area contributed by atoms with Crippen molar-refractivity contribution < 1.29 is 19.0 Å². The third kappa shape index (κ3) is 4.08. The van der Waals surface area contributed by atoms with Crippen LogP contribution in [-0.4, -0.2) is 30.0 Å². The van der Waals surface area contributed by atoms with Gasteiger partial charge < -0.3 is 14.2 Å². The summed E-state index contributed by atoms with van der Waals surface area (Å²) in [6.45, 7) is 1.96. The number of esters is 1. The van der Waals surface area contributed by atoms with E-state index in [1.54, 1.807) is 42.5 Å². The van der Waals surface area contributed by atoms with Gasteiger partial charge in [0.15, 0.2) is 0 Å². The smallest absolute Gasteiger partial charge is 0.348 e. The molecule has 0 radical (unpaired) electrons. The van der Waals surface area contributed by atoms with E-state index in [0.29, 0.717) is 33.7 Å². The van der Waals surface area contributed by atoms with Gasteiger partial charge in [-0.3, -0.25) is 0 Å². The molecule has 2 aromatic carbocycles. The van der Waals surface area contributed by atoms with Crippen LogP contribution in [0.25, 0.3) is 5.69 Å². The quantitative estimate of drug-likeness (QED) is 0.526. The van der Waals surface area contributed by atoms with E-state index < -0.39 is 5.97 Å². The summed E-state index contributed by atoms with van der Waals surface area (Å²) in [6.07, 6.45) is 0.671. The highest BCUT2D eigenvalue weighted by Gasteiger charge is 2.19. The van der Waals surface area contributed by atoms with E-state index >= 15 is 0 Å². The molecule has 3 rings (SSSR count). The highest BCUT2D eigenvalue weighted by Crippen LogP contribution is 2.29. The molecule has 1 heterocycles. The van der Waals surface area contributed by atoms with E-state index in [1.807, 2.05) is 6.92 Å². The molecular weight excluding hydrogens is 403 g/mol. The molecule has 0 saturated carbocycles. The third-order valence-corrected chi connectivity index (χ3v) is 4.80. The Morgan fingerprint density at radius 1 is 1.04 bits per heavy atom. The van der Waals surface area contributed by atoms with Crippen LogP contribution in [0.15, 0.2) is 42.5 Å². The number of rotatable bonds is 6. The van der Waals surface area contributed by atoms with Crippen LogP contribution >= 0.6 is 23.2 Å². The minimum Gasteiger partial charge on any atom is -0.497 e. The number of methoxy groups -OCH3 is 2. The fourth-order valence-corrected chi connectivity index (χ4v) is 2.87. The SMILES string of the molecule is CCc1cc(OC(=O)c2ccc(OC)cc2OC)n(-c2ccc(Cl)c(Cl)c2)n1. The van der Waals surface area contributed by atoms with E-state index in [2.05, 4.69) is 5.10 Å². The van der Waals surface area contributed by atoms with Gasteiger partial charge >= 0.3 is 5.97 Å². The standard InChI is InChI=1S/C20H18Cl2N2O4/c1-4-12-9-19(24(23-12)13-5-8-16(21)17(22)10-13)28-20(25)15-7-6-14(26-2)11-18(15)27-3/h5-11H,4H2,1-3H3. The molecule has 6 nitrogen and oxygen atoms in total. The van der Waals surface area contributed by atoms with Gasteiger partial charge in [-0.2, -0.15) is 5.10 Å². The second-order valence-corrected chi connectivity index (χ2v) is 6.61. The Balaban J connectivity index is 1.97. The fourth-order valence-electron chi connectivity index (χ4n) is 2.57. The molecular formula is C20H18Cl2N2O4. The lowest BCUT2D eigenvalue weighted by atomic mass is 10.2. The maximum atomic E-state index is 12.8. The molecule has 0 bridgehead atoms. The van der Waals surface area contributed by atoms with Gasteiger partial charge in [0.2, 0.25) is 5.88 Å². The Morgan fingerprint density at radius 2 is 1.82 bits per heavy atom. The molecule has 0 aliphatic heterocycles. The maximum absolute atomic E-state index is 12.8. The molecule has 0 atom stereocenters. The second kappa shape index (κ2) is 8.54. The van der Waals surface area contributed by atoms with Crippen molar-refractivity contribution in [2.75, 3.05) is 14.2 Å². The molecule has 3 aromatic rings. The summed E-state index contributed by atoms with van der Waals surface area (Å²) in [5.74, 6) is 0.602. The van der Waals surface area contributed by atoms with Crippen molar-refractivity contribution in [3.05, 3.63) is 63.8 Å². The van der Waals surface area contributed by atoms with Crippen molar-refractivity contribution in [2.45, 2.75) is 13.3 Å². The molecule has 0 aliphatic carbocycles. The summed E-state index contributed by atoms with van der Waals surface area (Å²) in [4.78, 5) is 12.8. The van der Waals surface area contributed by atoms with Crippen molar-refractivity contribution in [2.24, 2.45) is 0 Å². The van der Waals surface area contributed by atoms with Gasteiger partial charge in [-0.25, -0.2) is 9.48 Å². The van der Waals surface area contributed by atoms with Crippen molar-refractivity contribution in [3.63, 3.8) is 0 Å². The van der Waals surface area contributed by atoms with E-state index in [-0.39, 0.29) is 11.4 Å². The lowest BCUT2D eigenvalue weighted by molar-refractivity contribution is 0.0719. The Labute approximate surface area is 172 Å². The topological polar surface area (TPSA) is 62.6 Å². The van der Waals surface area contributed by atoms with Gasteiger partial charge in [-0.1, -0.05) is 30.1 Å². The van der Waals surface area contributed by atoms with Gasteiger partial charge in [-0.15, -0.1) is 0 Å². The van der Waals surface area contributed by atoms with Crippen LogP contribution in [0.4, 0.5) is 0 Å². The minimum absolute atomic E-state index is 0.262. The van der Waals surface area contributed by atoms with E-state index in [4.69, 9.17) is 37.4 Å². The van der Waals surface area contributed by atoms with Crippen LogP contribution in [0.5, 0.6) is 17.4 Å². The van der Waals surface area contributed by atoms with Gasteiger partial charge in [0.05, 0.1) is 35.6 Å². The zero-order valence-corrected chi connectivity index (χ0v) is 17.0. The monoisotopic (exact) mass is 420 g/mol. The Morgan fingerprint density at radius 3 is 2.46 bits per heavy atom. The molecule has 8 heteroatoms. The summed E-state index contributed by atoms with van der Waals surface area (Å²) in [5, 5.41) is 5.28. The van der Waals surface area contributed by atoms with Gasteiger partial charge in [0.1, 0.15) is 17.1 Å². The zero-order valence-electron chi connectivity index (χ0n) is 15.5. The Hall–Kier alpha value is -2.70. The minimum atomic E-state index is -0.580. The van der Waals surface area contributed by atoms with Crippen LogP contribution in [0, 0.1) is 0 Å². The fraction of sp³-hybridized carbons (Fsp3) is 0.200. The van der Waals surface area contributed by atoms with Crippen LogP contribution in [0.2, 0.25) is 10.0 Å². The molecule has 146 valence electrons. The maximum Gasteiger partial charge on any atom is 0.348 e. The number of hydrogen-bond acceptors (Lipinski definition) is 5. The summed E-state index contributed by atoms with van der Waals surface area (Å²) < 4.78 is 17.6. The van der Waals surface area contributed by atoms with Crippen molar-refractivity contribution in [3.8, 4) is 23.1 Å². The van der Waals surface area contributed by atoms with Crippen LogP contribution < -0.4 is 14.2 Å². The number of halogens is 2. The summed E-state index contributed by atoms with van der Waals surface area (Å²) in [6, 6.07) is 11.6. The first-order valence-electron chi connectivity index (χ1n) is 8.45. The van der Waals surface area contributed by atoms with E-state index in [9.17, 15) is 4.79 Å². The van der Waals surface area contributed by atoms with Crippen molar-refractivity contribution in [1.82, 2.24) is 9.78 Å². The molecule has 28 heavy (non-hydrogen) atoms. The van der Waals surface area contributed by atoms with Crippen LogP contribution in [-0.2, 0) is 6.42 Å². The number of aryl methyl sites for hydroxylation is 1. The zero-order chi connectivity index (χ0) is 20.3. The first-order valence-corrected chi connectivity index (χ1v) is 9.21. The highest BCUT2D eigenvalue weighted by molar-refractivity contribution is 6.42. The molecule has 0 spiro atoms. The lowest BCUT2D eigenvalue weighted by Crippen LogP contribution is -2.13. The van der Waals surface area contributed by atoms with Crippen LogP contribution in [0.1, 0.15) is 23.0 Å². The van der Waals surface area contributed by atoms with E-state index in [1.165, 1.54) is 18.9 Å². The third-order valence-electron chi connectivity index (χ3n) is 4.06. The van der Waals surface area contributed by atoms with Gasteiger partial charge in [0, 0.05) is 12.1 Å². The second-order valence-electron chi connectivity index (χ2n) is 5.79. The number of carbonyl (C=O) groups excluding carboxylic acids is 1. The lowest BCUT2D eigenvalue weighted by Gasteiger charge is -2.11.